The molecule has 1 atom stereocenters. The van der Waals surface area contributed by atoms with Crippen LogP contribution in [0.2, 0.25) is 10.3 Å². The first-order valence-electron chi connectivity index (χ1n) is 3.69. The van der Waals surface area contributed by atoms with Gasteiger partial charge in [0, 0.05) is 13.0 Å². The number of halogens is 2. The van der Waals surface area contributed by atoms with Crippen LogP contribution < -0.4 is 5.73 Å². The first-order valence-corrected chi connectivity index (χ1v) is 4.44. The Morgan fingerprint density at radius 1 is 1.46 bits per heavy atom. The topological polar surface area (TPSA) is 72.0 Å². The fourth-order valence-corrected chi connectivity index (χ4v) is 1.21. The van der Waals surface area contributed by atoms with Crippen molar-refractivity contribution in [3.8, 4) is 0 Å². The van der Waals surface area contributed by atoms with Crippen molar-refractivity contribution in [3.63, 3.8) is 0 Å². The van der Waals surface area contributed by atoms with Crippen LogP contribution in [-0.2, 0) is 6.42 Å². The van der Waals surface area contributed by atoms with Gasteiger partial charge in [-0.15, -0.1) is 10.2 Å². The Kier molecular flexibility index (Phi) is 3.87. The quantitative estimate of drug-likeness (QED) is 0.787. The van der Waals surface area contributed by atoms with E-state index in [2.05, 4.69) is 10.2 Å². The number of aliphatic hydroxyl groups excluding tert-OH is 1. The van der Waals surface area contributed by atoms with Crippen molar-refractivity contribution >= 4 is 23.2 Å². The van der Waals surface area contributed by atoms with E-state index in [1.54, 1.807) is 6.07 Å². The smallest absolute Gasteiger partial charge is 0.155 e. The summed E-state index contributed by atoms with van der Waals surface area (Å²) in [5.41, 5.74) is 5.90. The van der Waals surface area contributed by atoms with E-state index < -0.39 is 6.10 Å². The highest BCUT2D eigenvalue weighted by atomic mass is 35.5. The molecular formula is C7H9Cl2N3O. The number of aromatic nitrogens is 2. The van der Waals surface area contributed by atoms with Crippen molar-refractivity contribution < 1.29 is 5.11 Å². The molecule has 0 bridgehead atoms. The molecule has 0 aromatic carbocycles. The summed E-state index contributed by atoms with van der Waals surface area (Å²) in [6.07, 6.45) is -0.289. The maximum absolute atomic E-state index is 9.25. The van der Waals surface area contributed by atoms with Crippen molar-refractivity contribution in [1.29, 1.82) is 0 Å². The zero-order valence-corrected chi connectivity index (χ0v) is 8.26. The fraction of sp³-hybridized carbons (Fsp3) is 0.429. The molecule has 72 valence electrons. The van der Waals surface area contributed by atoms with Gasteiger partial charge in [-0.25, -0.2) is 0 Å². The molecule has 3 N–H and O–H groups in total. The number of nitrogens with zero attached hydrogens (tertiary/aromatic N) is 2. The van der Waals surface area contributed by atoms with E-state index in [0.717, 1.165) is 0 Å². The second-order valence-corrected chi connectivity index (χ2v) is 3.32. The first-order chi connectivity index (χ1) is 6.13. The largest absolute Gasteiger partial charge is 0.391 e. The first kappa shape index (κ1) is 10.7. The van der Waals surface area contributed by atoms with Gasteiger partial charge >= 0.3 is 0 Å². The molecule has 0 saturated heterocycles. The van der Waals surface area contributed by atoms with E-state index >= 15 is 0 Å². The summed E-state index contributed by atoms with van der Waals surface area (Å²) in [5, 5.41) is 16.9. The minimum atomic E-state index is -0.627. The molecular weight excluding hydrogens is 213 g/mol. The lowest BCUT2D eigenvalue weighted by molar-refractivity contribution is 0.183. The number of nitrogens with two attached hydrogens (primary N) is 1. The molecule has 1 aromatic rings. The summed E-state index contributed by atoms with van der Waals surface area (Å²) >= 11 is 11.3. The average molecular weight is 222 g/mol. The second kappa shape index (κ2) is 4.72. The van der Waals surface area contributed by atoms with Crippen LogP contribution in [0.4, 0.5) is 0 Å². The zero-order valence-electron chi connectivity index (χ0n) is 6.74. The van der Waals surface area contributed by atoms with Crippen molar-refractivity contribution in [2.75, 3.05) is 6.54 Å². The third-order valence-electron chi connectivity index (χ3n) is 1.52. The van der Waals surface area contributed by atoms with Gasteiger partial charge in [0.25, 0.3) is 0 Å². The summed E-state index contributed by atoms with van der Waals surface area (Å²) < 4.78 is 0. The number of aliphatic hydroxyl groups is 1. The van der Waals surface area contributed by atoms with Crippen LogP contribution in [0.15, 0.2) is 6.07 Å². The van der Waals surface area contributed by atoms with Gasteiger partial charge in [-0.2, -0.15) is 0 Å². The van der Waals surface area contributed by atoms with Crippen molar-refractivity contribution in [2.45, 2.75) is 12.5 Å². The average Bonchev–Trinajstić information content (AvgIpc) is 2.11. The molecule has 0 spiro atoms. The molecule has 1 heterocycles. The molecule has 1 aromatic heterocycles. The van der Waals surface area contributed by atoms with Crippen LogP contribution in [0.1, 0.15) is 5.56 Å². The minimum absolute atomic E-state index is 0.177. The van der Waals surface area contributed by atoms with Gasteiger partial charge in [0.2, 0.25) is 0 Å². The molecule has 0 aliphatic carbocycles. The molecule has 0 aliphatic heterocycles. The Hall–Kier alpha value is -0.420. The normalized spacial score (nSPS) is 12.9. The van der Waals surface area contributed by atoms with Crippen LogP contribution in [0, 0.1) is 0 Å². The lowest BCUT2D eigenvalue weighted by Gasteiger charge is -2.07. The Morgan fingerprint density at radius 3 is 2.77 bits per heavy atom. The van der Waals surface area contributed by atoms with Crippen molar-refractivity contribution in [2.24, 2.45) is 5.73 Å². The predicted octanol–water partition coefficient (Wildman–Crippen LogP) is 0.645. The van der Waals surface area contributed by atoms with Gasteiger partial charge in [-0.3, -0.25) is 0 Å². The lowest BCUT2D eigenvalue weighted by Crippen LogP contribution is -2.22. The van der Waals surface area contributed by atoms with E-state index in [1.165, 1.54) is 0 Å². The SMILES string of the molecule is NCC(O)Cc1cc(Cl)nnc1Cl. The van der Waals surface area contributed by atoms with Crippen LogP contribution in [0.25, 0.3) is 0 Å². The highest BCUT2D eigenvalue weighted by Crippen LogP contribution is 2.16. The van der Waals surface area contributed by atoms with Gasteiger partial charge in [0.05, 0.1) is 6.10 Å². The van der Waals surface area contributed by atoms with Crippen LogP contribution in [-0.4, -0.2) is 28.0 Å². The molecule has 4 nitrogen and oxygen atoms in total. The molecule has 13 heavy (non-hydrogen) atoms. The standard InChI is InChI=1S/C7H9Cl2N3O/c8-6-2-4(1-5(13)3-10)7(9)12-11-6/h2,5,13H,1,3,10H2. The summed E-state index contributed by atoms with van der Waals surface area (Å²) in [5.74, 6) is 0. The molecule has 0 fully saturated rings. The van der Waals surface area contributed by atoms with E-state index in [9.17, 15) is 5.11 Å². The summed E-state index contributed by atoms with van der Waals surface area (Å²) in [6, 6.07) is 1.57. The van der Waals surface area contributed by atoms with E-state index in [-0.39, 0.29) is 16.9 Å². The van der Waals surface area contributed by atoms with Crippen molar-refractivity contribution in [1.82, 2.24) is 10.2 Å². The van der Waals surface area contributed by atoms with Gasteiger partial charge in [-0.05, 0) is 11.6 Å². The monoisotopic (exact) mass is 221 g/mol. The van der Waals surface area contributed by atoms with Gasteiger partial charge in [-0.1, -0.05) is 23.2 Å². The number of hydrogen-bond acceptors (Lipinski definition) is 4. The molecule has 1 unspecified atom stereocenters. The molecule has 1 rings (SSSR count). The Bertz CT molecular complexity index is 295. The highest BCUT2D eigenvalue weighted by molar-refractivity contribution is 6.31. The van der Waals surface area contributed by atoms with Crippen LogP contribution in [0.5, 0.6) is 0 Å². The maximum atomic E-state index is 9.25. The maximum Gasteiger partial charge on any atom is 0.155 e. The van der Waals surface area contributed by atoms with Crippen LogP contribution >= 0.6 is 23.2 Å². The number of rotatable bonds is 3. The fourth-order valence-electron chi connectivity index (χ4n) is 0.868. The Balaban J connectivity index is 2.81. The lowest BCUT2D eigenvalue weighted by atomic mass is 10.1. The Morgan fingerprint density at radius 2 is 2.15 bits per heavy atom. The molecule has 0 amide bonds. The second-order valence-electron chi connectivity index (χ2n) is 2.58. The predicted molar refractivity (Wildman–Crippen MR) is 50.8 cm³/mol. The van der Waals surface area contributed by atoms with Gasteiger partial charge in [0.15, 0.2) is 10.3 Å². The molecule has 6 heteroatoms. The van der Waals surface area contributed by atoms with Crippen molar-refractivity contribution in [3.05, 3.63) is 21.9 Å². The Labute approximate surface area is 85.7 Å². The third kappa shape index (κ3) is 3.08. The zero-order chi connectivity index (χ0) is 9.84. The van der Waals surface area contributed by atoms with Crippen LogP contribution in [0.3, 0.4) is 0 Å². The number of hydrogen-bond donors (Lipinski definition) is 2. The highest BCUT2D eigenvalue weighted by Gasteiger charge is 2.08. The molecule has 0 aliphatic rings. The summed E-state index contributed by atoms with van der Waals surface area (Å²) in [4.78, 5) is 0. The van der Waals surface area contributed by atoms with Gasteiger partial charge in [0.1, 0.15) is 0 Å². The van der Waals surface area contributed by atoms with E-state index in [4.69, 9.17) is 28.9 Å². The van der Waals surface area contributed by atoms with Gasteiger partial charge < -0.3 is 10.8 Å². The summed E-state index contributed by atoms with van der Waals surface area (Å²) in [7, 11) is 0. The third-order valence-corrected chi connectivity index (χ3v) is 2.02. The summed E-state index contributed by atoms with van der Waals surface area (Å²) in [6.45, 7) is 0.177. The molecule has 0 radical (unpaired) electrons. The van der Waals surface area contributed by atoms with E-state index in [0.29, 0.717) is 12.0 Å². The minimum Gasteiger partial charge on any atom is -0.391 e. The van der Waals surface area contributed by atoms with E-state index in [1.807, 2.05) is 0 Å². The molecule has 0 saturated carbocycles.